The second-order valence-electron chi connectivity index (χ2n) is 9.20. The number of sulfonamides is 1. The molecule has 202 valence electrons. The number of carbonyl (C=O) groups excluding carboxylic acids is 2. The summed E-state index contributed by atoms with van der Waals surface area (Å²) in [5, 5.41) is 2.86. The fourth-order valence-corrected chi connectivity index (χ4v) is 5.47. The van der Waals surface area contributed by atoms with Crippen LogP contribution in [0, 0.1) is 5.82 Å². The van der Waals surface area contributed by atoms with Gasteiger partial charge in [-0.05, 0) is 53.5 Å². The lowest BCUT2D eigenvalue weighted by Crippen LogP contribution is -2.54. The molecule has 1 atom stereocenters. The molecule has 3 aromatic carbocycles. The zero-order valence-electron chi connectivity index (χ0n) is 21.5. The molecule has 0 fully saturated rings. The third-order valence-corrected chi connectivity index (χ3v) is 7.60. The highest BCUT2D eigenvalue weighted by molar-refractivity contribution is 9.10. The Morgan fingerprint density at radius 1 is 0.947 bits per heavy atom. The number of anilines is 1. The van der Waals surface area contributed by atoms with E-state index in [0.29, 0.717) is 4.47 Å². The first kappa shape index (κ1) is 29.3. The lowest BCUT2D eigenvalue weighted by molar-refractivity contribution is -0.140. The Hall–Kier alpha value is -3.24. The minimum Gasteiger partial charge on any atom is -0.352 e. The number of hydrogen-bond donors (Lipinski definition) is 1. The zero-order valence-corrected chi connectivity index (χ0v) is 23.9. The standard InChI is InChI=1S/C28H31BrFN3O4S/c1-20(2)31-28(35)26(17-21-11-5-4-6-12-21)32(18-22-13-7-9-15-24(22)30)27(34)19-33(38(3,36)37)25-16-10-8-14-23(25)29/h4-16,20,26H,17-19H2,1-3H3,(H,31,35)/t26-/m1/s1. The molecule has 0 saturated heterocycles. The van der Waals surface area contributed by atoms with E-state index in [1.54, 1.807) is 44.2 Å². The summed E-state index contributed by atoms with van der Waals surface area (Å²) in [4.78, 5) is 28.6. The molecular weight excluding hydrogens is 573 g/mol. The van der Waals surface area contributed by atoms with Gasteiger partial charge in [-0.25, -0.2) is 12.8 Å². The van der Waals surface area contributed by atoms with Crippen molar-refractivity contribution < 1.29 is 22.4 Å². The molecule has 10 heteroatoms. The van der Waals surface area contributed by atoms with Gasteiger partial charge in [0.2, 0.25) is 21.8 Å². The van der Waals surface area contributed by atoms with Gasteiger partial charge in [-0.15, -0.1) is 0 Å². The van der Waals surface area contributed by atoms with E-state index in [1.165, 1.54) is 23.1 Å². The summed E-state index contributed by atoms with van der Waals surface area (Å²) >= 11 is 3.36. The van der Waals surface area contributed by atoms with Gasteiger partial charge in [-0.3, -0.25) is 13.9 Å². The van der Waals surface area contributed by atoms with Crippen LogP contribution in [0.4, 0.5) is 10.1 Å². The predicted octanol–water partition coefficient (Wildman–Crippen LogP) is 4.52. The molecule has 38 heavy (non-hydrogen) atoms. The van der Waals surface area contributed by atoms with E-state index in [-0.39, 0.29) is 30.3 Å². The van der Waals surface area contributed by atoms with Gasteiger partial charge in [-0.2, -0.15) is 0 Å². The summed E-state index contributed by atoms with van der Waals surface area (Å²) in [5.74, 6) is -1.59. The molecule has 0 bridgehead atoms. The predicted molar refractivity (Wildman–Crippen MR) is 150 cm³/mol. The van der Waals surface area contributed by atoms with Gasteiger partial charge in [0, 0.05) is 29.0 Å². The molecule has 0 aliphatic rings. The van der Waals surface area contributed by atoms with Gasteiger partial charge >= 0.3 is 0 Å². The van der Waals surface area contributed by atoms with Gasteiger partial charge in [0.05, 0.1) is 11.9 Å². The maximum Gasteiger partial charge on any atom is 0.244 e. The molecule has 0 aliphatic carbocycles. The zero-order chi connectivity index (χ0) is 27.9. The number of carbonyl (C=O) groups is 2. The first-order valence-electron chi connectivity index (χ1n) is 12.1. The summed E-state index contributed by atoms with van der Waals surface area (Å²) in [6.45, 7) is 2.82. The highest BCUT2D eigenvalue weighted by Gasteiger charge is 2.34. The van der Waals surface area contributed by atoms with Crippen LogP contribution in [0.25, 0.3) is 0 Å². The second-order valence-corrected chi connectivity index (χ2v) is 12.0. The highest BCUT2D eigenvalue weighted by Crippen LogP contribution is 2.28. The van der Waals surface area contributed by atoms with Crippen LogP contribution >= 0.6 is 15.9 Å². The van der Waals surface area contributed by atoms with Crippen molar-refractivity contribution in [2.75, 3.05) is 17.1 Å². The monoisotopic (exact) mass is 603 g/mol. The van der Waals surface area contributed by atoms with Crippen LogP contribution in [-0.4, -0.2) is 50.0 Å². The minimum absolute atomic E-state index is 0.160. The van der Waals surface area contributed by atoms with Crippen LogP contribution < -0.4 is 9.62 Å². The fourth-order valence-electron chi connectivity index (χ4n) is 3.99. The third-order valence-electron chi connectivity index (χ3n) is 5.80. The Morgan fingerprint density at radius 2 is 1.55 bits per heavy atom. The van der Waals surface area contributed by atoms with Gasteiger partial charge in [0.25, 0.3) is 0 Å². The number of rotatable bonds is 11. The van der Waals surface area contributed by atoms with E-state index in [9.17, 15) is 22.4 Å². The van der Waals surface area contributed by atoms with E-state index >= 15 is 0 Å². The normalized spacial score (nSPS) is 12.2. The van der Waals surface area contributed by atoms with Gasteiger partial charge in [-0.1, -0.05) is 60.7 Å². The number of nitrogens with one attached hydrogen (secondary N) is 1. The third kappa shape index (κ3) is 7.88. The van der Waals surface area contributed by atoms with Gasteiger partial charge in [0.1, 0.15) is 18.4 Å². The fraction of sp³-hybridized carbons (Fsp3) is 0.286. The molecule has 0 aromatic heterocycles. The maximum absolute atomic E-state index is 14.7. The van der Waals surface area contributed by atoms with E-state index in [4.69, 9.17) is 0 Å². The summed E-state index contributed by atoms with van der Waals surface area (Å²) in [5.41, 5.74) is 1.29. The van der Waals surface area contributed by atoms with Crippen LogP contribution in [0.1, 0.15) is 25.0 Å². The lowest BCUT2D eigenvalue weighted by atomic mass is 10.0. The van der Waals surface area contributed by atoms with E-state index in [1.807, 2.05) is 30.3 Å². The van der Waals surface area contributed by atoms with Gasteiger partial charge in [0.15, 0.2) is 0 Å². The first-order chi connectivity index (χ1) is 18.0. The van der Waals surface area contributed by atoms with Crippen molar-refractivity contribution in [2.24, 2.45) is 0 Å². The van der Waals surface area contributed by atoms with Crippen molar-refractivity contribution in [2.45, 2.75) is 38.9 Å². The number of nitrogens with zero attached hydrogens (tertiary/aromatic N) is 2. The van der Waals surface area contributed by atoms with Crippen LogP contribution in [0.2, 0.25) is 0 Å². The van der Waals surface area contributed by atoms with Crippen LogP contribution in [-0.2, 0) is 32.6 Å². The van der Waals surface area contributed by atoms with E-state index in [0.717, 1.165) is 16.1 Å². The Balaban J connectivity index is 2.08. The van der Waals surface area contributed by atoms with Crippen LogP contribution in [0.3, 0.4) is 0 Å². The second kappa shape index (κ2) is 13.0. The van der Waals surface area contributed by atoms with Gasteiger partial charge < -0.3 is 10.2 Å². The van der Waals surface area contributed by atoms with Crippen molar-refractivity contribution in [3.8, 4) is 0 Å². The Morgan fingerprint density at radius 3 is 2.16 bits per heavy atom. The average molecular weight is 605 g/mol. The van der Waals surface area contributed by atoms with Crippen molar-refractivity contribution in [3.05, 3.63) is 100 Å². The molecule has 2 amide bonds. The minimum atomic E-state index is -3.89. The molecule has 1 N–H and O–H groups in total. The average Bonchev–Trinajstić information content (AvgIpc) is 2.85. The number of para-hydroxylation sites is 1. The number of benzene rings is 3. The smallest absolute Gasteiger partial charge is 0.244 e. The molecule has 0 aliphatic heterocycles. The van der Waals surface area contributed by atoms with Crippen LogP contribution in [0.15, 0.2) is 83.3 Å². The lowest BCUT2D eigenvalue weighted by Gasteiger charge is -2.34. The quantitative estimate of drug-likeness (QED) is 0.349. The van der Waals surface area contributed by atoms with Crippen molar-refractivity contribution >= 4 is 43.5 Å². The van der Waals surface area contributed by atoms with Crippen molar-refractivity contribution in [3.63, 3.8) is 0 Å². The molecule has 0 saturated carbocycles. The largest absolute Gasteiger partial charge is 0.352 e. The molecule has 3 rings (SSSR count). The summed E-state index contributed by atoms with van der Waals surface area (Å²) in [7, 11) is -3.89. The summed E-state index contributed by atoms with van der Waals surface area (Å²) < 4.78 is 41.8. The Kier molecular flexibility index (Phi) is 10.0. The van der Waals surface area contributed by atoms with E-state index in [2.05, 4.69) is 21.2 Å². The molecule has 3 aromatic rings. The van der Waals surface area contributed by atoms with Crippen molar-refractivity contribution in [1.29, 1.82) is 0 Å². The Bertz CT molecular complexity index is 1370. The maximum atomic E-state index is 14.7. The Labute approximate surface area is 231 Å². The van der Waals surface area contributed by atoms with Crippen LogP contribution in [0.5, 0.6) is 0 Å². The first-order valence-corrected chi connectivity index (χ1v) is 14.7. The molecule has 0 spiro atoms. The number of halogens is 2. The van der Waals surface area contributed by atoms with Crippen molar-refractivity contribution in [1.82, 2.24) is 10.2 Å². The molecular formula is C28H31BrFN3O4S. The number of amides is 2. The van der Waals surface area contributed by atoms with E-state index < -0.39 is 40.2 Å². The summed E-state index contributed by atoms with van der Waals surface area (Å²) in [6.07, 6.45) is 1.17. The highest BCUT2D eigenvalue weighted by atomic mass is 79.9. The SMILES string of the molecule is CC(C)NC(=O)[C@@H](Cc1ccccc1)N(Cc1ccccc1F)C(=O)CN(c1ccccc1Br)S(C)(=O)=O. The summed E-state index contributed by atoms with van der Waals surface area (Å²) in [6, 6.07) is 20.6. The molecule has 0 unspecified atom stereocenters. The topological polar surface area (TPSA) is 86.8 Å². The molecule has 0 radical (unpaired) electrons. The molecule has 7 nitrogen and oxygen atoms in total. The number of hydrogen-bond acceptors (Lipinski definition) is 4. The molecule has 0 heterocycles.